The zero-order valence-corrected chi connectivity index (χ0v) is 20.0. The van der Waals surface area contributed by atoms with Crippen LogP contribution in [0.25, 0.3) is 53.9 Å². The second-order valence-electron chi connectivity index (χ2n) is 8.89. The molecule has 0 aliphatic heterocycles. The molecule has 1 nitrogen and oxygen atoms in total. The molecule has 3 heteroatoms. The van der Waals surface area contributed by atoms with Gasteiger partial charge in [0, 0.05) is 55.5 Å². The quantitative estimate of drug-likeness (QED) is 0.202. The Bertz CT molecular complexity index is 1210. The summed E-state index contributed by atoms with van der Waals surface area (Å²) in [5.74, 6) is 0. The molecule has 2 aromatic carbocycles. The lowest BCUT2D eigenvalue weighted by molar-refractivity contribution is 0.193. The SMILES string of the molecule is CCCCCc1cc2c(s1)-c1ccc3c4c(ccc-2c14)-c1sc(CCCCOC)cc1-3. The van der Waals surface area contributed by atoms with E-state index in [9.17, 15) is 0 Å². The second kappa shape index (κ2) is 7.88. The third-order valence-corrected chi connectivity index (χ3v) is 9.30. The average molecular weight is 445 g/mol. The molecule has 2 heterocycles. The topological polar surface area (TPSA) is 9.23 Å². The molecule has 0 atom stereocenters. The molecule has 0 spiro atoms. The molecule has 0 radical (unpaired) electrons. The Morgan fingerprint density at radius 3 is 1.68 bits per heavy atom. The van der Waals surface area contributed by atoms with Gasteiger partial charge in [-0.3, -0.25) is 0 Å². The lowest BCUT2D eigenvalue weighted by atomic mass is 9.98. The zero-order valence-electron chi connectivity index (χ0n) is 18.3. The molecule has 31 heavy (non-hydrogen) atoms. The molecular weight excluding hydrogens is 416 g/mol. The molecule has 2 aliphatic carbocycles. The Balaban J connectivity index is 1.36. The van der Waals surface area contributed by atoms with E-state index in [4.69, 9.17) is 4.74 Å². The van der Waals surface area contributed by atoms with Gasteiger partial charge in [0.05, 0.1) is 0 Å². The highest BCUT2D eigenvalue weighted by atomic mass is 32.1. The molecule has 6 rings (SSSR count). The van der Waals surface area contributed by atoms with Gasteiger partial charge in [0.25, 0.3) is 0 Å². The number of benzene rings is 2. The van der Waals surface area contributed by atoms with Gasteiger partial charge in [-0.1, -0.05) is 44.0 Å². The predicted octanol–water partition coefficient (Wildman–Crippen LogP) is 8.96. The molecule has 0 bridgehead atoms. The first-order valence-electron chi connectivity index (χ1n) is 11.7. The van der Waals surface area contributed by atoms with E-state index in [1.165, 1.54) is 90.9 Å². The van der Waals surface area contributed by atoms with E-state index in [-0.39, 0.29) is 0 Å². The Hall–Kier alpha value is -1.94. The normalized spacial score (nSPS) is 12.7. The fourth-order valence-electron chi connectivity index (χ4n) is 5.35. The van der Waals surface area contributed by atoms with Crippen LogP contribution in [-0.4, -0.2) is 13.7 Å². The van der Waals surface area contributed by atoms with Crippen molar-refractivity contribution in [3.63, 3.8) is 0 Å². The van der Waals surface area contributed by atoms with Gasteiger partial charge >= 0.3 is 0 Å². The number of thiophene rings is 2. The van der Waals surface area contributed by atoms with Gasteiger partial charge < -0.3 is 4.74 Å². The smallest absolute Gasteiger partial charge is 0.0462 e. The summed E-state index contributed by atoms with van der Waals surface area (Å²) in [7, 11) is 1.79. The van der Waals surface area contributed by atoms with Crippen LogP contribution in [0, 0.1) is 0 Å². The van der Waals surface area contributed by atoms with E-state index in [1.54, 1.807) is 12.0 Å². The van der Waals surface area contributed by atoms with Crippen LogP contribution in [0.4, 0.5) is 0 Å². The van der Waals surface area contributed by atoms with Gasteiger partial charge in [-0.15, -0.1) is 22.7 Å². The van der Waals surface area contributed by atoms with Crippen LogP contribution >= 0.6 is 22.7 Å². The minimum absolute atomic E-state index is 0.864. The van der Waals surface area contributed by atoms with Gasteiger partial charge in [-0.2, -0.15) is 0 Å². The van der Waals surface area contributed by atoms with Gasteiger partial charge in [-0.25, -0.2) is 0 Å². The highest BCUT2D eigenvalue weighted by Crippen LogP contribution is 2.59. The third kappa shape index (κ3) is 3.05. The van der Waals surface area contributed by atoms with Crippen LogP contribution in [0.1, 0.15) is 48.8 Å². The van der Waals surface area contributed by atoms with E-state index < -0.39 is 0 Å². The van der Waals surface area contributed by atoms with Crippen LogP contribution in [0.15, 0.2) is 36.4 Å². The fourth-order valence-corrected chi connectivity index (χ4v) is 7.84. The Morgan fingerprint density at radius 1 is 0.645 bits per heavy atom. The number of methoxy groups -OCH3 is 1. The van der Waals surface area contributed by atoms with Crippen molar-refractivity contribution in [3.8, 4) is 43.1 Å². The molecule has 0 N–H and O–H groups in total. The Morgan fingerprint density at radius 2 is 1.16 bits per heavy atom. The summed E-state index contributed by atoms with van der Waals surface area (Å²) in [6.45, 7) is 3.15. The van der Waals surface area contributed by atoms with Crippen molar-refractivity contribution in [1.82, 2.24) is 0 Å². The van der Waals surface area contributed by atoms with Gasteiger partial charge in [0.15, 0.2) is 0 Å². The minimum Gasteiger partial charge on any atom is -0.385 e. The summed E-state index contributed by atoms with van der Waals surface area (Å²) in [4.78, 5) is 6.05. The third-order valence-electron chi connectivity index (χ3n) is 6.84. The lowest BCUT2D eigenvalue weighted by Gasteiger charge is -2.07. The van der Waals surface area contributed by atoms with Crippen molar-refractivity contribution in [2.45, 2.75) is 51.9 Å². The van der Waals surface area contributed by atoms with Crippen molar-refractivity contribution in [2.75, 3.05) is 13.7 Å². The van der Waals surface area contributed by atoms with Crippen molar-refractivity contribution >= 4 is 33.4 Å². The average Bonchev–Trinajstić information content (AvgIpc) is 3.51. The largest absolute Gasteiger partial charge is 0.385 e. The molecule has 0 saturated carbocycles. The van der Waals surface area contributed by atoms with Crippen molar-refractivity contribution in [2.24, 2.45) is 0 Å². The molecule has 158 valence electrons. The summed E-state index contributed by atoms with van der Waals surface area (Å²) in [6, 6.07) is 14.5. The molecule has 0 saturated heterocycles. The number of aryl methyl sites for hydroxylation is 2. The van der Waals surface area contributed by atoms with Crippen LogP contribution in [-0.2, 0) is 17.6 Å². The van der Waals surface area contributed by atoms with Crippen molar-refractivity contribution in [1.29, 1.82) is 0 Å². The number of rotatable bonds is 9. The molecule has 2 aromatic heterocycles. The summed E-state index contributed by atoms with van der Waals surface area (Å²) < 4.78 is 5.21. The maximum absolute atomic E-state index is 5.21. The van der Waals surface area contributed by atoms with Gasteiger partial charge in [-0.05, 0) is 66.1 Å². The van der Waals surface area contributed by atoms with Crippen LogP contribution in [0.5, 0.6) is 0 Å². The highest BCUT2D eigenvalue weighted by Gasteiger charge is 2.31. The first-order chi connectivity index (χ1) is 15.3. The van der Waals surface area contributed by atoms with Crippen LogP contribution < -0.4 is 0 Å². The first-order valence-corrected chi connectivity index (χ1v) is 13.3. The zero-order chi connectivity index (χ0) is 20.9. The van der Waals surface area contributed by atoms with Crippen LogP contribution in [0.3, 0.4) is 0 Å². The molecule has 0 amide bonds. The number of unbranched alkanes of at least 4 members (excludes halogenated alkanes) is 3. The maximum atomic E-state index is 5.21. The Kier molecular flexibility index (Phi) is 5.01. The number of hydrogen-bond donors (Lipinski definition) is 0. The Labute approximate surface area is 192 Å². The summed E-state index contributed by atoms with van der Waals surface area (Å²) in [5.41, 5.74) is 8.76. The summed E-state index contributed by atoms with van der Waals surface area (Å²) in [5, 5.41) is 3.00. The van der Waals surface area contributed by atoms with E-state index in [2.05, 4.69) is 43.3 Å². The predicted molar refractivity (Wildman–Crippen MR) is 137 cm³/mol. The number of ether oxygens (including phenoxy) is 1. The molecule has 2 aliphatic rings. The minimum atomic E-state index is 0.864. The van der Waals surface area contributed by atoms with Crippen molar-refractivity contribution in [3.05, 3.63) is 46.2 Å². The summed E-state index contributed by atoms with van der Waals surface area (Å²) >= 11 is 4.03. The monoisotopic (exact) mass is 444 g/mol. The van der Waals surface area contributed by atoms with E-state index in [0.717, 1.165) is 19.4 Å². The standard InChI is InChI=1S/C28H28OS2/c1-3-4-5-8-17-15-23-19-10-13-22-26-20(11-12-21(25(19)26)27(23)30-17)24-16-18(31-28(22)24)9-6-7-14-29-2/h10-13,15-16H,3-9,14H2,1-2H3. The fraction of sp³-hybridized carbons (Fsp3) is 0.357. The van der Waals surface area contributed by atoms with E-state index in [0.29, 0.717) is 0 Å². The van der Waals surface area contributed by atoms with E-state index in [1.807, 2.05) is 22.7 Å². The molecule has 0 fully saturated rings. The lowest BCUT2D eigenvalue weighted by Crippen LogP contribution is -1.89. The molecule has 4 aromatic rings. The second-order valence-corrected chi connectivity index (χ2v) is 11.2. The molecule has 0 unspecified atom stereocenters. The maximum Gasteiger partial charge on any atom is 0.0462 e. The highest BCUT2D eigenvalue weighted by molar-refractivity contribution is 7.17. The van der Waals surface area contributed by atoms with Crippen molar-refractivity contribution < 1.29 is 4.74 Å². The van der Waals surface area contributed by atoms with Gasteiger partial charge in [0.1, 0.15) is 0 Å². The number of fused-ring (bicyclic) bond motifs is 6. The number of hydrogen-bond acceptors (Lipinski definition) is 3. The van der Waals surface area contributed by atoms with Gasteiger partial charge in [0.2, 0.25) is 0 Å². The molecular formula is C28H28OS2. The summed E-state index contributed by atoms with van der Waals surface area (Å²) in [6.07, 6.45) is 8.66. The van der Waals surface area contributed by atoms with E-state index >= 15 is 0 Å². The van der Waals surface area contributed by atoms with Crippen LogP contribution in [0.2, 0.25) is 0 Å². The first kappa shape index (κ1) is 19.7.